The van der Waals surface area contributed by atoms with Gasteiger partial charge in [-0.2, -0.15) is 0 Å². The van der Waals surface area contributed by atoms with Crippen LogP contribution in [0.25, 0.3) is 22.7 Å². The van der Waals surface area contributed by atoms with Crippen LogP contribution in [-0.2, 0) is 29.0 Å². The van der Waals surface area contributed by atoms with E-state index < -0.39 is 0 Å². The van der Waals surface area contributed by atoms with Crippen molar-refractivity contribution in [3.8, 4) is 0 Å². The second kappa shape index (κ2) is 26.2. The zero-order valence-electron chi connectivity index (χ0n) is 40.5. The topological polar surface area (TPSA) is 110 Å². The molecular formula is C58H68N4O4Zn. The summed E-state index contributed by atoms with van der Waals surface area (Å²) in [5, 5.41) is 13.9. The Morgan fingerprint density at radius 2 is 0.985 bits per heavy atom. The SMILES string of the molecule is CCCCCCCCCCCC1=C2C=CC(=N2)C(=c2ccc(=C([O-])OC)cc2)c2ccc([n-]2)C(CCCCCCCCCCC)=C2C=CC(=N2)C(c2ccc(C(=O)OC)cc2)=C2C=CC1=N2.[Zn+2]. The second-order valence-electron chi connectivity index (χ2n) is 17.9. The fourth-order valence-electron chi connectivity index (χ4n) is 9.31. The van der Waals surface area contributed by atoms with Gasteiger partial charge in [-0.1, -0.05) is 165 Å². The van der Waals surface area contributed by atoms with E-state index >= 15 is 0 Å². The number of nitrogens with zero attached hydrogens (tertiary/aromatic N) is 4. The Labute approximate surface area is 411 Å². The molecule has 0 unspecified atom stereocenters. The molecule has 3 aromatic rings. The Morgan fingerprint density at radius 3 is 1.55 bits per heavy atom. The van der Waals surface area contributed by atoms with E-state index in [2.05, 4.69) is 62.4 Å². The van der Waals surface area contributed by atoms with Gasteiger partial charge in [0.05, 0.1) is 52.8 Å². The molecule has 67 heavy (non-hydrogen) atoms. The molecule has 0 N–H and O–H groups in total. The van der Waals surface area contributed by atoms with Crippen LogP contribution in [0.4, 0.5) is 0 Å². The van der Waals surface area contributed by atoms with Crippen LogP contribution in [0.3, 0.4) is 0 Å². The Balaban J connectivity index is 0.00000741. The van der Waals surface area contributed by atoms with Crippen LogP contribution in [0.2, 0.25) is 0 Å². The number of methoxy groups -OCH3 is 2. The number of hydrogen-bond acceptors (Lipinski definition) is 7. The van der Waals surface area contributed by atoms with Crippen molar-refractivity contribution < 1.29 is 38.9 Å². The maximum atomic E-state index is 12.5. The number of aromatic nitrogens is 1. The fraction of sp³-hybridized carbons (Fsp3) is 0.414. The number of benzene rings is 2. The minimum absolute atomic E-state index is 0. The summed E-state index contributed by atoms with van der Waals surface area (Å²) in [6, 6.07) is 19.3. The van der Waals surface area contributed by atoms with Gasteiger partial charge in [0.2, 0.25) is 0 Å². The van der Waals surface area contributed by atoms with Crippen LogP contribution in [0, 0.1) is 0 Å². The first kappa shape index (κ1) is 51.0. The van der Waals surface area contributed by atoms with Gasteiger partial charge in [0.1, 0.15) is 0 Å². The molecule has 8 bridgehead atoms. The average molecular weight is 951 g/mol. The van der Waals surface area contributed by atoms with Crippen molar-refractivity contribution in [2.24, 2.45) is 15.0 Å². The Morgan fingerprint density at radius 1 is 0.507 bits per heavy atom. The van der Waals surface area contributed by atoms with Crippen molar-refractivity contribution in [3.05, 3.63) is 153 Å². The molecule has 0 aliphatic carbocycles. The zero-order valence-corrected chi connectivity index (χ0v) is 43.5. The first-order valence-electron chi connectivity index (χ1n) is 24.8. The Kier molecular flexibility index (Phi) is 20.0. The van der Waals surface area contributed by atoms with Crippen LogP contribution >= 0.6 is 0 Å². The van der Waals surface area contributed by atoms with Gasteiger partial charge < -0.3 is 19.6 Å². The number of ether oxygens (including phenoxy) is 2. The second-order valence-corrected chi connectivity index (χ2v) is 17.9. The van der Waals surface area contributed by atoms with E-state index in [9.17, 15) is 9.90 Å². The average Bonchev–Trinajstić information content (AvgIpc) is 4.20. The van der Waals surface area contributed by atoms with Gasteiger partial charge in [0.25, 0.3) is 0 Å². The maximum Gasteiger partial charge on any atom is 2.00 e. The number of hydrogen-bond donors (Lipinski definition) is 0. The number of carbonyl (C=O) groups excluding carboxylic acids is 1. The van der Waals surface area contributed by atoms with Crippen LogP contribution in [0.15, 0.2) is 135 Å². The predicted octanol–water partition coefficient (Wildman–Crippen LogP) is 12.0. The molecule has 4 aliphatic rings. The van der Waals surface area contributed by atoms with Crippen molar-refractivity contribution in [2.75, 3.05) is 14.2 Å². The van der Waals surface area contributed by atoms with Crippen molar-refractivity contribution in [1.82, 2.24) is 4.98 Å². The molecule has 0 amide bonds. The molecular weight excluding hydrogens is 882 g/mol. The monoisotopic (exact) mass is 948 g/mol. The smallest absolute Gasteiger partial charge is 0.657 e. The van der Waals surface area contributed by atoms with Gasteiger partial charge in [0, 0.05) is 11.1 Å². The summed E-state index contributed by atoms with van der Waals surface area (Å²) in [6.07, 6.45) is 36.7. The standard InChI is InChI=1S/C58H70N4O4.Zn/c1-5-7-9-11-13-15-17-19-21-23-45-47-33-37-51(59-47)55(41-25-29-43(30-26-41)57(63)65-3)53-39-35-49(61-53)46(24-22-20-18-16-14-12-10-8-6-2)50-36-40-54(62-50)56(52-38-34-48(45)60-52)42-27-31-44(32-28-42)58(64)66-4;/h25-40H,5-24H2,1-4H3,(H2,59,60,61,62,63,64);/q;+2/p-2. The van der Waals surface area contributed by atoms with E-state index in [1.54, 1.807) is 0 Å². The first-order valence-corrected chi connectivity index (χ1v) is 24.8. The van der Waals surface area contributed by atoms with Crippen LogP contribution in [-0.4, -0.2) is 37.3 Å². The number of fused-ring (bicyclic) bond motifs is 5. The van der Waals surface area contributed by atoms with Crippen molar-refractivity contribution in [1.29, 1.82) is 0 Å². The molecule has 0 radical (unpaired) electrons. The molecule has 8 nitrogen and oxygen atoms in total. The van der Waals surface area contributed by atoms with E-state index in [0.717, 1.165) is 117 Å². The summed E-state index contributed by atoms with van der Waals surface area (Å²) in [5.74, 6) is -0.750. The Hall–Kier alpha value is -5.40. The molecule has 7 rings (SSSR count). The van der Waals surface area contributed by atoms with E-state index in [1.165, 1.54) is 104 Å². The van der Waals surface area contributed by atoms with Gasteiger partial charge >= 0.3 is 25.4 Å². The molecule has 0 fully saturated rings. The van der Waals surface area contributed by atoms with Crippen LogP contribution < -0.4 is 20.5 Å². The number of rotatable bonds is 23. The van der Waals surface area contributed by atoms with Gasteiger partial charge in [-0.25, -0.2) is 19.8 Å². The summed E-state index contributed by atoms with van der Waals surface area (Å²) >= 11 is 0. The van der Waals surface area contributed by atoms with E-state index in [-0.39, 0.29) is 31.4 Å². The predicted molar refractivity (Wildman–Crippen MR) is 270 cm³/mol. The molecule has 0 saturated carbocycles. The summed E-state index contributed by atoms with van der Waals surface area (Å²) in [4.78, 5) is 34.1. The van der Waals surface area contributed by atoms with Crippen LogP contribution in [0.5, 0.6) is 0 Å². The van der Waals surface area contributed by atoms with Gasteiger partial charge in [-0.15, -0.1) is 11.4 Å². The normalized spacial score (nSPS) is 15.0. The number of carbonyl (C=O) groups is 1. The minimum atomic E-state index is -0.375. The van der Waals surface area contributed by atoms with Crippen molar-refractivity contribution in [2.45, 2.75) is 142 Å². The Bertz CT molecular complexity index is 2590. The zero-order chi connectivity index (χ0) is 46.1. The van der Waals surface area contributed by atoms with Gasteiger partial charge in [-0.3, -0.25) is 0 Å². The summed E-state index contributed by atoms with van der Waals surface area (Å²) in [7, 11) is 2.81. The third kappa shape index (κ3) is 13.4. The van der Waals surface area contributed by atoms with Gasteiger partial charge in [0.15, 0.2) is 0 Å². The number of unbranched alkanes of at least 4 members (excludes halogenated alkanes) is 16. The molecule has 0 atom stereocenters. The molecule has 0 saturated heterocycles. The fourth-order valence-corrected chi connectivity index (χ4v) is 9.31. The number of allylic oxidation sites excluding steroid dienone is 9. The van der Waals surface area contributed by atoms with E-state index in [0.29, 0.717) is 10.8 Å². The van der Waals surface area contributed by atoms with E-state index in [4.69, 9.17) is 29.4 Å². The molecule has 4 aliphatic heterocycles. The van der Waals surface area contributed by atoms with Gasteiger partial charge in [-0.05, 0) is 109 Å². The molecule has 5 heterocycles. The molecule has 346 valence electrons. The van der Waals surface area contributed by atoms with Crippen molar-refractivity contribution >= 4 is 45.8 Å². The molecule has 2 aromatic carbocycles. The van der Waals surface area contributed by atoms with Crippen molar-refractivity contribution in [3.63, 3.8) is 0 Å². The number of aliphatic imine (C=N–C) groups is 3. The summed E-state index contributed by atoms with van der Waals surface area (Å²) < 4.78 is 10.1. The molecule has 0 spiro atoms. The summed E-state index contributed by atoms with van der Waals surface area (Å²) in [6.45, 7) is 4.53. The maximum absolute atomic E-state index is 12.5. The molecule has 9 heteroatoms. The quantitative estimate of drug-likeness (QED) is 0.0534. The summed E-state index contributed by atoms with van der Waals surface area (Å²) in [5.41, 5.74) is 12.3. The minimum Gasteiger partial charge on any atom is -0.657 e. The third-order valence-electron chi connectivity index (χ3n) is 13.1. The molecule has 1 aromatic heterocycles. The third-order valence-corrected chi connectivity index (χ3v) is 13.1. The number of esters is 1. The first-order chi connectivity index (χ1) is 32.4. The largest absolute Gasteiger partial charge is 2.00 e. The van der Waals surface area contributed by atoms with Crippen LogP contribution in [0.1, 0.15) is 170 Å². The van der Waals surface area contributed by atoms with E-state index in [1.807, 2.05) is 48.5 Å².